The van der Waals surface area contributed by atoms with Crippen LogP contribution >= 0.6 is 0 Å². The fourth-order valence-corrected chi connectivity index (χ4v) is 4.71. The molecule has 2 aliphatic rings. The summed E-state index contributed by atoms with van der Waals surface area (Å²) in [7, 11) is 0. The zero-order valence-electron chi connectivity index (χ0n) is 13.8. The molecule has 0 saturated carbocycles. The van der Waals surface area contributed by atoms with E-state index in [0.717, 1.165) is 26.1 Å². The first-order valence-electron chi connectivity index (χ1n) is 8.60. The molecule has 0 aliphatic carbocycles. The highest BCUT2D eigenvalue weighted by Crippen LogP contribution is 2.47. The molecule has 1 unspecified atom stereocenters. The zero-order chi connectivity index (χ0) is 15.6. The lowest BCUT2D eigenvalue weighted by Gasteiger charge is -2.28. The van der Waals surface area contributed by atoms with Crippen LogP contribution in [0.4, 0.5) is 0 Å². The topological polar surface area (TPSA) is 17.0 Å². The summed E-state index contributed by atoms with van der Waals surface area (Å²) >= 11 is 0. The minimum Gasteiger partial charge on any atom is -0.343 e. The molecule has 0 amide bonds. The highest BCUT2D eigenvalue weighted by Gasteiger charge is 2.40. The molecule has 2 aromatic carbocycles. The monoisotopic (exact) mass is 302 g/mol. The van der Waals surface area contributed by atoms with Gasteiger partial charge in [0.2, 0.25) is 0 Å². The Morgan fingerprint density at radius 1 is 1.13 bits per heavy atom. The summed E-state index contributed by atoms with van der Waals surface area (Å²) in [5.74, 6) is 0. The summed E-state index contributed by atoms with van der Waals surface area (Å²) < 4.78 is 2.62. The predicted molar refractivity (Wildman–Crippen MR) is 95.0 cm³/mol. The van der Waals surface area contributed by atoms with E-state index in [1.807, 2.05) is 0 Å². The Labute approximate surface area is 137 Å². The number of aryl methyl sites for hydroxylation is 1. The SMILES string of the molecule is Cc1cc2c3c(c1)c1c(n3CC2(C)c2ccccc2)CCNC1. The van der Waals surface area contributed by atoms with E-state index >= 15 is 0 Å². The molecule has 3 heterocycles. The highest BCUT2D eigenvalue weighted by atomic mass is 15.1. The molecule has 0 saturated heterocycles. The smallest absolute Gasteiger partial charge is 0.0528 e. The quantitative estimate of drug-likeness (QED) is 0.721. The Bertz CT molecular complexity index is 920. The van der Waals surface area contributed by atoms with E-state index in [1.165, 1.54) is 33.2 Å². The fourth-order valence-electron chi connectivity index (χ4n) is 4.71. The normalized spacial score (nSPS) is 22.5. The van der Waals surface area contributed by atoms with Crippen molar-refractivity contribution in [2.45, 2.75) is 38.8 Å². The van der Waals surface area contributed by atoms with E-state index in [9.17, 15) is 0 Å². The Kier molecular flexibility index (Phi) is 2.61. The van der Waals surface area contributed by atoms with Crippen LogP contribution in [0.15, 0.2) is 42.5 Å². The number of hydrogen-bond donors (Lipinski definition) is 1. The molecule has 0 fully saturated rings. The summed E-state index contributed by atoms with van der Waals surface area (Å²) in [6.07, 6.45) is 1.15. The average Bonchev–Trinajstić information content (AvgIpc) is 3.05. The van der Waals surface area contributed by atoms with Crippen molar-refractivity contribution in [1.82, 2.24) is 9.88 Å². The van der Waals surface area contributed by atoms with E-state index in [-0.39, 0.29) is 5.41 Å². The number of fused-ring (bicyclic) bond motifs is 3. The van der Waals surface area contributed by atoms with Gasteiger partial charge in [-0.3, -0.25) is 0 Å². The Hall–Kier alpha value is -2.06. The fraction of sp³-hybridized carbons (Fsp3) is 0.333. The second-order valence-corrected chi connectivity index (χ2v) is 7.34. The first kappa shape index (κ1) is 13.4. The number of hydrogen-bond acceptors (Lipinski definition) is 1. The second kappa shape index (κ2) is 4.48. The minimum absolute atomic E-state index is 0.0841. The van der Waals surface area contributed by atoms with Gasteiger partial charge in [-0.2, -0.15) is 0 Å². The van der Waals surface area contributed by atoms with Gasteiger partial charge in [0.05, 0.1) is 5.52 Å². The first-order chi connectivity index (χ1) is 11.2. The molecule has 1 atom stereocenters. The van der Waals surface area contributed by atoms with Gasteiger partial charge in [-0.05, 0) is 36.6 Å². The van der Waals surface area contributed by atoms with Crippen LogP contribution in [-0.4, -0.2) is 11.1 Å². The highest BCUT2D eigenvalue weighted by molar-refractivity contribution is 5.92. The van der Waals surface area contributed by atoms with Crippen molar-refractivity contribution >= 4 is 10.9 Å². The Morgan fingerprint density at radius 3 is 2.78 bits per heavy atom. The van der Waals surface area contributed by atoms with Gasteiger partial charge in [0, 0.05) is 42.6 Å². The minimum atomic E-state index is 0.0841. The molecule has 2 nitrogen and oxygen atoms in total. The molecular formula is C21H22N2. The van der Waals surface area contributed by atoms with Gasteiger partial charge >= 0.3 is 0 Å². The van der Waals surface area contributed by atoms with Crippen LogP contribution < -0.4 is 5.32 Å². The summed E-state index contributed by atoms with van der Waals surface area (Å²) in [6, 6.07) is 15.8. The summed E-state index contributed by atoms with van der Waals surface area (Å²) in [6.45, 7) is 7.84. The summed E-state index contributed by atoms with van der Waals surface area (Å²) in [5.41, 5.74) is 8.97. The third-order valence-corrected chi connectivity index (χ3v) is 5.84. The molecule has 116 valence electrons. The maximum absolute atomic E-state index is 3.55. The molecule has 2 heteroatoms. The van der Waals surface area contributed by atoms with E-state index in [4.69, 9.17) is 0 Å². The molecule has 0 bridgehead atoms. The van der Waals surface area contributed by atoms with E-state index in [2.05, 4.69) is 66.2 Å². The van der Waals surface area contributed by atoms with Crippen molar-refractivity contribution in [1.29, 1.82) is 0 Å². The van der Waals surface area contributed by atoms with Crippen molar-refractivity contribution in [3.05, 3.63) is 70.4 Å². The van der Waals surface area contributed by atoms with Crippen LogP contribution in [0, 0.1) is 6.92 Å². The number of benzene rings is 2. The molecule has 23 heavy (non-hydrogen) atoms. The van der Waals surface area contributed by atoms with Gasteiger partial charge in [-0.25, -0.2) is 0 Å². The van der Waals surface area contributed by atoms with E-state index < -0.39 is 0 Å². The van der Waals surface area contributed by atoms with Crippen molar-refractivity contribution in [3.8, 4) is 0 Å². The van der Waals surface area contributed by atoms with Crippen molar-refractivity contribution in [2.24, 2.45) is 0 Å². The lowest BCUT2D eigenvalue weighted by Crippen LogP contribution is -2.28. The van der Waals surface area contributed by atoms with Crippen LogP contribution in [0.25, 0.3) is 10.9 Å². The molecule has 0 radical (unpaired) electrons. The molecule has 5 rings (SSSR count). The number of aromatic nitrogens is 1. The molecule has 1 aromatic heterocycles. The molecule has 0 spiro atoms. The standard InChI is InChI=1S/C21H22N2/c1-14-10-16-17-12-22-9-8-19(17)23-13-21(2,18(11-14)20(16)23)15-6-4-3-5-7-15/h3-7,10-11,22H,8-9,12-13H2,1-2H3. The lowest BCUT2D eigenvalue weighted by molar-refractivity contribution is 0.493. The Balaban J connectivity index is 1.84. The predicted octanol–water partition coefficient (Wildman–Crippen LogP) is 3.92. The average molecular weight is 302 g/mol. The maximum atomic E-state index is 3.55. The van der Waals surface area contributed by atoms with Gasteiger partial charge in [-0.1, -0.05) is 42.0 Å². The van der Waals surface area contributed by atoms with Gasteiger partial charge in [0.15, 0.2) is 0 Å². The van der Waals surface area contributed by atoms with Crippen LogP contribution in [0.5, 0.6) is 0 Å². The largest absolute Gasteiger partial charge is 0.343 e. The van der Waals surface area contributed by atoms with Gasteiger partial charge in [0.1, 0.15) is 0 Å². The number of nitrogens with one attached hydrogen (secondary N) is 1. The van der Waals surface area contributed by atoms with Gasteiger partial charge in [0.25, 0.3) is 0 Å². The molecule has 1 N–H and O–H groups in total. The van der Waals surface area contributed by atoms with Crippen LogP contribution in [0.1, 0.15) is 34.9 Å². The summed E-state index contributed by atoms with van der Waals surface area (Å²) in [4.78, 5) is 0. The van der Waals surface area contributed by atoms with E-state index in [0.29, 0.717) is 0 Å². The molecule has 3 aromatic rings. The van der Waals surface area contributed by atoms with Gasteiger partial charge in [-0.15, -0.1) is 0 Å². The third kappa shape index (κ3) is 1.67. The number of rotatable bonds is 1. The maximum Gasteiger partial charge on any atom is 0.0528 e. The third-order valence-electron chi connectivity index (χ3n) is 5.84. The molecular weight excluding hydrogens is 280 g/mol. The van der Waals surface area contributed by atoms with Gasteiger partial charge < -0.3 is 9.88 Å². The second-order valence-electron chi connectivity index (χ2n) is 7.34. The Morgan fingerprint density at radius 2 is 1.96 bits per heavy atom. The van der Waals surface area contributed by atoms with Crippen molar-refractivity contribution in [2.75, 3.05) is 6.54 Å². The van der Waals surface area contributed by atoms with E-state index in [1.54, 1.807) is 5.69 Å². The summed E-state index contributed by atoms with van der Waals surface area (Å²) in [5, 5.41) is 5.02. The molecule has 2 aliphatic heterocycles. The zero-order valence-corrected chi connectivity index (χ0v) is 13.8. The van der Waals surface area contributed by atoms with Crippen LogP contribution in [0.3, 0.4) is 0 Å². The number of nitrogens with zero attached hydrogens (tertiary/aromatic N) is 1. The lowest BCUT2D eigenvalue weighted by atomic mass is 9.76. The van der Waals surface area contributed by atoms with Crippen LogP contribution in [0.2, 0.25) is 0 Å². The van der Waals surface area contributed by atoms with Crippen molar-refractivity contribution in [3.63, 3.8) is 0 Å². The van der Waals surface area contributed by atoms with Crippen LogP contribution in [-0.2, 0) is 24.9 Å². The van der Waals surface area contributed by atoms with Crippen molar-refractivity contribution < 1.29 is 0 Å². The first-order valence-corrected chi connectivity index (χ1v) is 8.60.